The fraction of sp³-hybridized carbons (Fsp3) is 0.231. The summed E-state index contributed by atoms with van der Waals surface area (Å²) < 4.78 is 21.3. The minimum absolute atomic E-state index is 0.103. The standard InChI is InChI=1S/C26H24FN5O2S/c1-15-12-16(2)29-26(28-15)32-25-23(17(3)31-32)24(35-14-22(33)30-25)18-8-10-20(11-9-18)34-13-19-6-4-5-7-21(19)27/h4-12,24H,13-14H2,1-3H3,(H,30,33)/t24-/m1/s1. The number of halogens is 1. The van der Waals surface area contributed by atoms with Crippen LogP contribution in [0.2, 0.25) is 0 Å². The third-order valence-corrected chi connectivity index (χ3v) is 6.97. The summed E-state index contributed by atoms with van der Waals surface area (Å²) in [6.07, 6.45) is 0. The highest BCUT2D eigenvalue weighted by Gasteiger charge is 2.31. The topological polar surface area (TPSA) is 81.9 Å². The van der Waals surface area contributed by atoms with Crippen LogP contribution >= 0.6 is 11.8 Å². The number of aryl methyl sites for hydroxylation is 3. The summed E-state index contributed by atoms with van der Waals surface area (Å²) in [7, 11) is 0. The normalized spacial score (nSPS) is 15.3. The summed E-state index contributed by atoms with van der Waals surface area (Å²) in [5, 5.41) is 7.57. The van der Waals surface area contributed by atoms with Gasteiger partial charge in [0.1, 0.15) is 24.0 Å². The lowest BCUT2D eigenvalue weighted by molar-refractivity contribution is -0.113. The Morgan fingerprint density at radius 2 is 1.80 bits per heavy atom. The number of benzene rings is 2. The smallest absolute Gasteiger partial charge is 0.252 e. The zero-order chi connectivity index (χ0) is 24.5. The quantitative estimate of drug-likeness (QED) is 0.421. The maximum atomic E-state index is 13.9. The Morgan fingerprint density at radius 1 is 1.09 bits per heavy atom. The number of thioether (sulfide) groups is 1. The van der Waals surface area contributed by atoms with Crippen LogP contribution in [0, 0.1) is 26.6 Å². The number of aromatic nitrogens is 4. The molecule has 1 amide bonds. The van der Waals surface area contributed by atoms with Crippen molar-refractivity contribution in [3.63, 3.8) is 0 Å². The molecule has 2 aromatic carbocycles. The van der Waals surface area contributed by atoms with Gasteiger partial charge in [0.2, 0.25) is 5.91 Å². The van der Waals surface area contributed by atoms with Gasteiger partial charge in [-0.2, -0.15) is 9.78 Å². The van der Waals surface area contributed by atoms with Crippen molar-refractivity contribution in [1.29, 1.82) is 0 Å². The van der Waals surface area contributed by atoms with E-state index in [2.05, 4.69) is 20.4 Å². The van der Waals surface area contributed by atoms with E-state index in [0.717, 1.165) is 28.2 Å². The van der Waals surface area contributed by atoms with E-state index >= 15 is 0 Å². The largest absolute Gasteiger partial charge is 0.489 e. The zero-order valence-electron chi connectivity index (χ0n) is 19.6. The number of hydrogen-bond donors (Lipinski definition) is 1. The number of nitrogens with zero attached hydrogens (tertiary/aromatic N) is 4. The molecule has 1 N–H and O–H groups in total. The minimum Gasteiger partial charge on any atom is -0.489 e. The Balaban J connectivity index is 1.46. The fourth-order valence-electron chi connectivity index (χ4n) is 4.11. The predicted octanol–water partition coefficient (Wildman–Crippen LogP) is 5.08. The molecule has 0 unspecified atom stereocenters. The van der Waals surface area contributed by atoms with E-state index in [1.165, 1.54) is 17.8 Å². The summed E-state index contributed by atoms with van der Waals surface area (Å²) >= 11 is 1.54. The Hall–Kier alpha value is -3.72. The Labute approximate surface area is 206 Å². The number of carbonyl (C=O) groups is 1. The van der Waals surface area contributed by atoms with Crippen molar-refractivity contribution in [2.45, 2.75) is 32.6 Å². The van der Waals surface area contributed by atoms with Crippen LogP contribution in [0.4, 0.5) is 10.2 Å². The molecule has 1 aliphatic rings. The van der Waals surface area contributed by atoms with E-state index in [-0.39, 0.29) is 23.6 Å². The number of rotatable bonds is 5. The van der Waals surface area contributed by atoms with E-state index < -0.39 is 0 Å². The van der Waals surface area contributed by atoms with Gasteiger partial charge in [0.05, 0.1) is 16.7 Å². The fourth-order valence-corrected chi connectivity index (χ4v) is 5.30. The molecule has 2 aromatic heterocycles. The molecule has 5 rings (SSSR count). The van der Waals surface area contributed by atoms with Gasteiger partial charge >= 0.3 is 0 Å². The minimum atomic E-state index is -0.288. The second kappa shape index (κ2) is 9.50. The second-order valence-electron chi connectivity index (χ2n) is 8.40. The van der Waals surface area contributed by atoms with Gasteiger partial charge < -0.3 is 10.1 Å². The average Bonchev–Trinajstić information content (AvgIpc) is 3.03. The predicted molar refractivity (Wildman–Crippen MR) is 133 cm³/mol. The molecule has 1 atom stereocenters. The maximum absolute atomic E-state index is 13.9. The molecule has 4 aromatic rings. The number of hydrogen-bond acceptors (Lipinski definition) is 6. The molecule has 7 nitrogen and oxygen atoms in total. The molecule has 0 bridgehead atoms. The highest BCUT2D eigenvalue weighted by molar-refractivity contribution is 8.00. The Morgan fingerprint density at radius 3 is 2.51 bits per heavy atom. The third-order valence-electron chi connectivity index (χ3n) is 5.70. The van der Waals surface area contributed by atoms with Crippen molar-refractivity contribution in [1.82, 2.24) is 19.7 Å². The van der Waals surface area contributed by atoms with E-state index in [1.54, 1.807) is 22.9 Å². The number of ether oxygens (including phenoxy) is 1. The Kier molecular flexibility index (Phi) is 6.25. The highest BCUT2D eigenvalue weighted by Crippen LogP contribution is 2.44. The summed E-state index contributed by atoms with van der Waals surface area (Å²) in [5.74, 6) is 1.57. The lowest BCUT2D eigenvalue weighted by atomic mass is 10.0. The van der Waals surface area contributed by atoms with Crippen LogP contribution in [0.15, 0.2) is 54.6 Å². The summed E-state index contributed by atoms with van der Waals surface area (Å²) in [5.41, 5.74) is 4.88. The van der Waals surface area contributed by atoms with E-state index in [1.807, 2.05) is 51.1 Å². The highest BCUT2D eigenvalue weighted by atomic mass is 32.2. The van der Waals surface area contributed by atoms with Crippen LogP contribution in [-0.4, -0.2) is 31.4 Å². The number of fused-ring (bicyclic) bond motifs is 1. The third kappa shape index (κ3) is 4.77. The molecule has 178 valence electrons. The van der Waals surface area contributed by atoms with Crippen LogP contribution in [0.25, 0.3) is 5.95 Å². The van der Waals surface area contributed by atoms with Gasteiger partial charge in [-0.3, -0.25) is 4.79 Å². The van der Waals surface area contributed by atoms with Gasteiger partial charge in [-0.15, -0.1) is 11.8 Å². The lowest BCUT2D eigenvalue weighted by Crippen LogP contribution is -2.17. The van der Waals surface area contributed by atoms with Gasteiger partial charge in [-0.1, -0.05) is 30.3 Å². The van der Waals surface area contributed by atoms with Gasteiger partial charge in [0, 0.05) is 22.5 Å². The second-order valence-corrected chi connectivity index (χ2v) is 9.49. The van der Waals surface area contributed by atoms with Crippen LogP contribution in [0.3, 0.4) is 0 Å². The molecule has 0 aliphatic carbocycles. The summed E-state index contributed by atoms with van der Waals surface area (Å²) in [4.78, 5) is 21.6. The van der Waals surface area contributed by atoms with Gasteiger partial charge in [-0.05, 0) is 50.6 Å². The number of carbonyl (C=O) groups excluding carboxylic acids is 1. The number of nitrogens with one attached hydrogen (secondary N) is 1. The molecule has 9 heteroatoms. The van der Waals surface area contributed by atoms with Crippen LogP contribution in [-0.2, 0) is 11.4 Å². The van der Waals surface area contributed by atoms with E-state index in [9.17, 15) is 9.18 Å². The number of anilines is 1. The molecule has 0 spiro atoms. The molecule has 0 radical (unpaired) electrons. The van der Waals surface area contributed by atoms with Crippen molar-refractivity contribution in [2.75, 3.05) is 11.1 Å². The average molecular weight is 490 g/mol. The first-order valence-corrected chi connectivity index (χ1v) is 12.2. The first-order valence-electron chi connectivity index (χ1n) is 11.2. The monoisotopic (exact) mass is 489 g/mol. The molecule has 35 heavy (non-hydrogen) atoms. The van der Waals surface area contributed by atoms with Gasteiger partial charge in [0.15, 0.2) is 0 Å². The summed E-state index contributed by atoms with van der Waals surface area (Å²) in [6, 6.07) is 16.1. The van der Waals surface area contributed by atoms with Crippen LogP contribution in [0.1, 0.15) is 39.0 Å². The Bertz CT molecular complexity index is 1380. The van der Waals surface area contributed by atoms with Crippen molar-refractivity contribution in [2.24, 2.45) is 0 Å². The SMILES string of the molecule is Cc1cc(C)nc(-n2nc(C)c3c2NC(=O)CS[C@@H]3c2ccc(OCc3ccccc3F)cc2)n1. The molecule has 0 saturated carbocycles. The molecule has 1 aliphatic heterocycles. The van der Waals surface area contributed by atoms with Gasteiger partial charge in [-0.25, -0.2) is 14.4 Å². The molecule has 0 fully saturated rings. The van der Waals surface area contributed by atoms with E-state index in [4.69, 9.17) is 4.74 Å². The first kappa shape index (κ1) is 23.0. The van der Waals surface area contributed by atoms with Crippen LogP contribution in [0.5, 0.6) is 5.75 Å². The van der Waals surface area contributed by atoms with E-state index in [0.29, 0.717) is 28.8 Å². The lowest BCUT2D eigenvalue weighted by Gasteiger charge is -2.16. The first-order chi connectivity index (χ1) is 16.9. The summed E-state index contributed by atoms with van der Waals surface area (Å²) in [6.45, 7) is 5.88. The van der Waals surface area contributed by atoms with Crippen molar-refractivity contribution in [3.05, 3.63) is 94.2 Å². The molecule has 3 heterocycles. The van der Waals surface area contributed by atoms with Crippen molar-refractivity contribution in [3.8, 4) is 11.7 Å². The number of amides is 1. The van der Waals surface area contributed by atoms with Gasteiger partial charge in [0.25, 0.3) is 5.95 Å². The molecular weight excluding hydrogens is 465 g/mol. The molecule has 0 saturated heterocycles. The van der Waals surface area contributed by atoms with Crippen molar-refractivity contribution < 1.29 is 13.9 Å². The maximum Gasteiger partial charge on any atom is 0.252 e. The zero-order valence-corrected chi connectivity index (χ0v) is 20.4. The van der Waals surface area contributed by atoms with Crippen LogP contribution < -0.4 is 10.1 Å². The molecular formula is C26H24FN5O2S. The van der Waals surface area contributed by atoms with Crippen molar-refractivity contribution >= 4 is 23.5 Å².